The average Bonchev–Trinajstić information content (AvgIpc) is 2.67. The van der Waals surface area contributed by atoms with Gasteiger partial charge in [0.25, 0.3) is 0 Å². The molecule has 1 aliphatic rings. The third-order valence-corrected chi connectivity index (χ3v) is 2.54. The predicted octanol–water partition coefficient (Wildman–Crippen LogP) is -1.99. The summed E-state index contributed by atoms with van der Waals surface area (Å²) >= 11 is 0. The van der Waals surface area contributed by atoms with E-state index >= 15 is 0 Å². The van der Waals surface area contributed by atoms with Crippen LogP contribution in [0.1, 0.15) is 6.42 Å². The Balaban J connectivity index is 2.33. The van der Waals surface area contributed by atoms with Crippen molar-refractivity contribution < 1.29 is 24.0 Å². The van der Waals surface area contributed by atoms with Crippen molar-refractivity contribution in [3.05, 3.63) is 0 Å². The summed E-state index contributed by atoms with van der Waals surface area (Å²) in [6, 6.07) is 0. The lowest BCUT2D eigenvalue weighted by molar-refractivity contribution is -0.141. The molecule has 1 atom stereocenters. The number of hydroxylamine groups is 1. The Morgan fingerprint density at radius 3 is 2.89 bits per heavy atom. The molecule has 0 saturated carbocycles. The van der Waals surface area contributed by atoms with Gasteiger partial charge in [-0.3, -0.25) is 19.2 Å². The fourth-order valence-electron chi connectivity index (χ4n) is 1.63. The Bertz CT molecular complexity index is 333. The molecule has 8 nitrogen and oxygen atoms in total. The summed E-state index contributed by atoms with van der Waals surface area (Å²) in [4.78, 5) is 39.7. The van der Waals surface area contributed by atoms with Crippen LogP contribution in [0.3, 0.4) is 0 Å². The van der Waals surface area contributed by atoms with Crippen LogP contribution in [0.5, 0.6) is 0 Å². The second kappa shape index (κ2) is 6.92. The van der Waals surface area contributed by atoms with Gasteiger partial charge in [0.2, 0.25) is 17.7 Å². The number of amides is 3. The number of carbonyl (C=O) groups is 3. The van der Waals surface area contributed by atoms with E-state index in [4.69, 9.17) is 10.5 Å². The third-order valence-electron chi connectivity index (χ3n) is 2.54. The van der Waals surface area contributed by atoms with Crippen LogP contribution in [-0.4, -0.2) is 56.0 Å². The van der Waals surface area contributed by atoms with Crippen LogP contribution >= 0.6 is 0 Å². The van der Waals surface area contributed by atoms with Crippen LogP contribution in [0.2, 0.25) is 0 Å². The van der Waals surface area contributed by atoms with E-state index < -0.39 is 17.7 Å². The van der Waals surface area contributed by atoms with Crippen molar-refractivity contribution in [2.45, 2.75) is 6.42 Å². The van der Waals surface area contributed by atoms with E-state index in [1.54, 1.807) is 12.0 Å². The molecule has 1 unspecified atom stereocenters. The zero-order valence-electron chi connectivity index (χ0n) is 10.2. The summed E-state index contributed by atoms with van der Waals surface area (Å²) in [6.45, 7) is 0.827. The van der Waals surface area contributed by atoms with E-state index in [2.05, 4.69) is 10.3 Å². The van der Waals surface area contributed by atoms with Gasteiger partial charge >= 0.3 is 0 Å². The first-order valence-corrected chi connectivity index (χ1v) is 5.51. The monoisotopic (exact) mass is 259 g/mol. The lowest BCUT2D eigenvalue weighted by Crippen LogP contribution is -2.35. The predicted molar refractivity (Wildman–Crippen MR) is 59.9 cm³/mol. The maximum atomic E-state index is 11.6. The van der Waals surface area contributed by atoms with Crippen molar-refractivity contribution in [3.8, 4) is 0 Å². The van der Waals surface area contributed by atoms with Crippen LogP contribution in [0, 0.1) is 5.92 Å². The zero-order valence-corrected chi connectivity index (χ0v) is 10.2. The number of nitrogens with one attached hydrogen (secondary N) is 1. The molecule has 1 heterocycles. The Morgan fingerprint density at radius 2 is 2.28 bits per heavy atom. The molecule has 1 fully saturated rings. The largest absolute Gasteiger partial charge is 0.383 e. The van der Waals surface area contributed by atoms with Gasteiger partial charge in [-0.2, -0.15) is 0 Å². The SMILES string of the molecule is COCCN1CC(C(=O)NOCC(N)=O)CC1=O. The van der Waals surface area contributed by atoms with Crippen molar-refractivity contribution in [3.63, 3.8) is 0 Å². The van der Waals surface area contributed by atoms with Crippen LogP contribution in [-0.2, 0) is 24.0 Å². The highest BCUT2D eigenvalue weighted by Gasteiger charge is 2.34. The third kappa shape index (κ3) is 4.30. The quantitative estimate of drug-likeness (QED) is 0.514. The fraction of sp³-hybridized carbons (Fsp3) is 0.700. The second-order valence-corrected chi connectivity index (χ2v) is 3.95. The van der Waals surface area contributed by atoms with Crippen LogP contribution in [0.25, 0.3) is 0 Å². The maximum absolute atomic E-state index is 11.6. The van der Waals surface area contributed by atoms with E-state index in [0.29, 0.717) is 19.7 Å². The highest BCUT2D eigenvalue weighted by atomic mass is 16.7. The molecule has 1 saturated heterocycles. The molecule has 18 heavy (non-hydrogen) atoms. The van der Waals surface area contributed by atoms with E-state index in [0.717, 1.165) is 0 Å². The summed E-state index contributed by atoms with van der Waals surface area (Å²) < 4.78 is 4.87. The lowest BCUT2D eigenvalue weighted by atomic mass is 10.1. The minimum Gasteiger partial charge on any atom is -0.383 e. The minimum absolute atomic E-state index is 0.0953. The van der Waals surface area contributed by atoms with Crippen molar-refractivity contribution >= 4 is 17.7 Å². The number of primary amides is 1. The molecule has 0 aromatic rings. The van der Waals surface area contributed by atoms with Crippen LogP contribution < -0.4 is 11.2 Å². The van der Waals surface area contributed by atoms with Crippen LogP contribution in [0.15, 0.2) is 0 Å². The Labute approximate surface area is 104 Å². The summed E-state index contributed by atoms with van der Waals surface area (Å²) in [5, 5.41) is 0. The number of likely N-dealkylation sites (tertiary alicyclic amines) is 1. The van der Waals surface area contributed by atoms with Gasteiger partial charge in [0.15, 0.2) is 6.61 Å². The Morgan fingerprint density at radius 1 is 1.56 bits per heavy atom. The summed E-state index contributed by atoms with van der Waals surface area (Å²) in [6.07, 6.45) is 0.134. The van der Waals surface area contributed by atoms with Gasteiger partial charge in [-0.1, -0.05) is 0 Å². The minimum atomic E-state index is -0.681. The number of ether oxygens (including phenoxy) is 1. The number of nitrogens with two attached hydrogens (primary N) is 1. The van der Waals surface area contributed by atoms with Crippen LogP contribution in [0.4, 0.5) is 0 Å². The van der Waals surface area contributed by atoms with E-state index in [9.17, 15) is 14.4 Å². The van der Waals surface area contributed by atoms with Gasteiger partial charge in [-0.15, -0.1) is 0 Å². The Hall–Kier alpha value is -1.67. The highest BCUT2D eigenvalue weighted by molar-refractivity contribution is 5.88. The number of hydrogen-bond acceptors (Lipinski definition) is 5. The second-order valence-electron chi connectivity index (χ2n) is 3.95. The fourth-order valence-corrected chi connectivity index (χ4v) is 1.63. The van der Waals surface area contributed by atoms with Gasteiger partial charge in [-0.05, 0) is 0 Å². The van der Waals surface area contributed by atoms with Crippen molar-refractivity contribution in [2.24, 2.45) is 11.7 Å². The zero-order chi connectivity index (χ0) is 13.5. The van der Waals surface area contributed by atoms with Gasteiger partial charge in [0.1, 0.15) is 0 Å². The summed E-state index contributed by atoms with van der Waals surface area (Å²) in [5.41, 5.74) is 6.94. The molecule has 0 aromatic heterocycles. The van der Waals surface area contributed by atoms with Crippen molar-refractivity contribution in [1.82, 2.24) is 10.4 Å². The molecule has 8 heteroatoms. The number of carbonyl (C=O) groups excluding carboxylic acids is 3. The number of hydrogen-bond donors (Lipinski definition) is 2. The molecule has 0 bridgehead atoms. The first-order valence-electron chi connectivity index (χ1n) is 5.51. The maximum Gasteiger partial charge on any atom is 0.248 e. The topological polar surface area (TPSA) is 111 Å². The molecule has 102 valence electrons. The molecule has 3 amide bonds. The normalized spacial score (nSPS) is 19.1. The molecule has 0 radical (unpaired) electrons. The van der Waals surface area contributed by atoms with Gasteiger partial charge < -0.3 is 15.4 Å². The number of rotatable bonds is 7. The lowest BCUT2D eigenvalue weighted by Gasteiger charge is -2.15. The molecule has 0 aromatic carbocycles. The Kier molecular flexibility index (Phi) is 5.53. The molecule has 0 spiro atoms. The summed E-state index contributed by atoms with van der Waals surface area (Å²) in [5.74, 6) is -1.67. The summed E-state index contributed by atoms with van der Waals surface area (Å²) in [7, 11) is 1.54. The first kappa shape index (κ1) is 14.4. The highest BCUT2D eigenvalue weighted by Crippen LogP contribution is 2.17. The molecule has 0 aliphatic carbocycles. The van der Waals surface area contributed by atoms with Gasteiger partial charge in [-0.25, -0.2) is 5.48 Å². The van der Waals surface area contributed by atoms with Crippen molar-refractivity contribution in [1.29, 1.82) is 0 Å². The molecule has 1 rings (SSSR count). The number of nitrogens with zero attached hydrogens (tertiary/aromatic N) is 1. The molecule has 1 aliphatic heterocycles. The molecular weight excluding hydrogens is 242 g/mol. The van der Waals surface area contributed by atoms with Gasteiger partial charge in [0.05, 0.1) is 12.5 Å². The molecular formula is C10H17N3O5. The van der Waals surface area contributed by atoms with Gasteiger partial charge in [0, 0.05) is 26.6 Å². The average molecular weight is 259 g/mol. The standard InChI is InChI=1S/C10H17N3O5/c1-17-3-2-13-5-7(4-9(13)15)10(16)12-18-6-8(11)14/h7H,2-6H2,1H3,(H2,11,14)(H,12,16). The first-order chi connectivity index (χ1) is 8.54. The smallest absolute Gasteiger partial charge is 0.248 e. The van der Waals surface area contributed by atoms with E-state index in [1.165, 1.54) is 0 Å². The van der Waals surface area contributed by atoms with Crippen molar-refractivity contribution in [2.75, 3.05) is 33.4 Å². The van der Waals surface area contributed by atoms with E-state index in [1.807, 2.05) is 0 Å². The molecule has 3 N–H and O–H groups in total. The van der Waals surface area contributed by atoms with E-state index in [-0.39, 0.29) is 18.9 Å². The number of methoxy groups -OCH3 is 1.